The molecule has 5 rings (SSSR count). The van der Waals surface area contributed by atoms with Crippen LogP contribution in [0.3, 0.4) is 0 Å². The van der Waals surface area contributed by atoms with Crippen molar-refractivity contribution in [2.75, 3.05) is 13.2 Å². The first kappa shape index (κ1) is 30.3. The number of oxime groups is 1. The van der Waals surface area contributed by atoms with Crippen LogP contribution >= 0.6 is 0 Å². The molecule has 3 N–H and O–H groups in total. The van der Waals surface area contributed by atoms with Crippen LogP contribution in [0.4, 0.5) is 0 Å². The Balaban J connectivity index is 1.21. The summed E-state index contributed by atoms with van der Waals surface area (Å²) in [4.78, 5) is 30.6. The summed E-state index contributed by atoms with van der Waals surface area (Å²) >= 11 is 0. The summed E-state index contributed by atoms with van der Waals surface area (Å²) in [5.74, 6) is 3.03. The number of carbonyl (C=O) groups excluding carboxylic acids is 2. The van der Waals surface area contributed by atoms with Crippen LogP contribution in [0.1, 0.15) is 83.8 Å². The Labute approximate surface area is 248 Å². The molecule has 0 aliphatic heterocycles. The maximum Gasteiger partial charge on any atom is 0.331 e. The molecule has 3 saturated carbocycles. The quantitative estimate of drug-likeness (QED) is 0.239. The second-order valence-corrected chi connectivity index (χ2v) is 13.0. The second-order valence-electron chi connectivity index (χ2n) is 13.0. The SMILES string of the molecule is C#C[C@@]1(O)CC[C@@H]2[C@@H]3CCC4=C/C(=N/OCC(=O)N[C@H](C(=O)OCC)[C@@H](O)c5ccccc5)CC[C@]4(C)[C@H]3CC[C@@]21C. The Morgan fingerprint density at radius 1 is 1.12 bits per heavy atom. The number of carbonyl (C=O) groups is 2. The first-order chi connectivity index (χ1) is 20.1. The van der Waals surface area contributed by atoms with Gasteiger partial charge in [0.1, 0.15) is 11.7 Å². The summed E-state index contributed by atoms with van der Waals surface area (Å²) in [6.45, 7) is 6.01. The molecule has 0 aromatic heterocycles. The molecule has 4 aliphatic rings. The zero-order valence-electron chi connectivity index (χ0n) is 25.0. The van der Waals surface area contributed by atoms with Gasteiger partial charge in [-0.1, -0.05) is 60.8 Å². The van der Waals surface area contributed by atoms with Gasteiger partial charge in [-0.15, -0.1) is 6.42 Å². The number of terminal acetylenes is 1. The molecule has 1 amide bonds. The molecule has 8 nitrogen and oxygen atoms in total. The number of nitrogens with zero attached hydrogens (tertiary/aromatic N) is 1. The van der Waals surface area contributed by atoms with Crippen LogP contribution in [0.2, 0.25) is 0 Å². The first-order valence-corrected chi connectivity index (χ1v) is 15.4. The number of esters is 1. The Morgan fingerprint density at radius 2 is 1.86 bits per heavy atom. The number of fused-ring (bicyclic) bond motifs is 5. The van der Waals surface area contributed by atoms with Gasteiger partial charge in [0.25, 0.3) is 5.91 Å². The van der Waals surface area contributed by atoms with E-state index in [4.69, 9.17) is 16.0 Å². The lowest BCUT2D eigenvalue weighted by Crippen LogP contribution is -2.54. The minimum absolute atomic E-state index is 0.0813. The number of hydrogen-bond acceptors (Lipinski definition) is 7. The molecule has 226 valence electrons. The second kappa shape index (κ2) is 11.9. The normalized spacial score (nSPS) is 35.9. The van der Waals surface area contributed by atoms with Crippen molar-refractivity contribution in [3.05, 3.63) is 47.5 Å². The molecule has 8 heteroatoms. The average molecular weight is 577 g/mol. The predicted molar refractivity (Wildman–Crippen MR) is 159 cm³/mol. The number of nitrogens with one attached hydrogen (secondary N) is 1. The van der Waals surface area contributed by atoms with Gasteiger partial charge in [-0.2, -0.15) is 0 Å². The molecular formula is C34H44N2O6. The van der Waals surface area contributed by atoms with Gasteiger partial charge in [0.15, 0.2) is 12.6 Å². The summed E-state index contributed by atoms with van der Waals surface area (Å²) in [5.41, 5.74) is 1.57. The third kappa shape index (κ3) is 5.26. The highest BCUT2D eigenvalue weighted by molar-refractivity contribution is 5.96. The predicted octanol–water partition coefficient (Wildman–Crippen LogP) is 4.47. The fourth-order valence-electron chi connectivity index (χ4n) is 8.63. The number of ether oxygens (including phenoxy) is 1. The maximum absolute atomic E-state index is 12.7. The number of amides is 1. The standard InChI is InChI=1S/C34H44N2O6/c1-5-34(40)19-16-27-25-13-12-23-20-24(14-17-32(23,3)26(25)15-18-33(27,34)4)36-42-21-28(37)35-29(31(39)41-6-2)30(38)22-10-8-7-9-11-22/h1,7-11,20,25-27,29-30,38,40H,6,12-19,21H2,2-4H3,(H,35,37)/b36-24+/t25-,26+,27-,29+,30+,32+,33+,34-/m1/s1. The van der Waals surface area contributed by atoms with Gasteiger partial charge in [0.05, 0.1) is 12.3 Å². The van der Waals surface area contributed by atoms with E-state index in [0.717, 1.165) is 50.7 Å². The van der Waals surface area contributed by atoms with Crippen molar-refractivity contribution in [1.29, 1.82) is 0 Å². The van der Waals surface area contributed by atoms with Crippen LogP contribution in [0, 0.1) is 40.9 Å². The summed E-state index contributed by atoms with van der Waals surface area (Å²) in [6, 6.07) is 7.39. The largest absolute Gasteiger partial charge is 0.464 e. The molecule has 1 aromatic carbocycles. The van der Waals surface area contributed by atoms with Crippen molar-refractivity contribution in [2.45, 2.75) is 89.9 Å². The molecule has 42 heavy (non-hydrogen) atoms. The van der Waals surface area contributed by atoms with E-state index in [1.54, 1.807) is 37.3 Å². The van der Waals surface area contributed by atoms with E-state index in [1.807, 2.05) is 0 Å². The molecule has 0 spiro atoms. The van der Waals surface area contributed by atoms with Crippen molar-refractivity contribution in [3.63, 3.8) is 0 Å². The number of aliphatic hydroxyl groups is 2. The highest BCUT2D eigenvalue weighted by Crippen LogP contribution is 2.67. The minimum Gasteiger partial charge on any atom is -0.464 e. The van der Waals surface area contributed by atoms with Gasteiger partial charge >= 0.3 is 5.97 Å². The lowest BCUT2D eigenvalue weighted by atomic mass is 9.46. The fourth-order valence-corrected chi connectivity index (χ4v) is 8.63. The molecule has 1 aromatic rings. The van der Waals surface area contributed by atoms with Crippen molar-refractivity contribution in [1.82, 2.24) is 5.32 Å². The molecule has 0 saturated heterocycles. The monoisotopic (exact) mass is 576 g/mol. The van der Waals surface area contributed by atoms with Crippen molar-refractivity contribution in [2.24, 2.45) is 33.7 Å². The van der Waals surface area contributed by atoms with Gasteiger partial charge in [0.2, 0.25) is 0 Å². The van der Waals surface area contributed by atoms with E-state index in [9.17, 15) is 19.8 Å². The smallest absolute Gasteiger partial charge is 0.331 e. The topological polar surface area (TPSA) is 117 Å². The number of benzene rings is 1. The summed E-state index contributed by atoms with van der Waals surface area (Å²) in [7, 11) is 0. The molecule has 0 radical (unpaired) electrons. The first-order valence-electron chi connectivity index (χ1n) is 15.4. The van der Waals surface area contributed by atoms with Gasteiger partial charge in [-0.05, 0) is 93.1 Å². The van der Waals surface area contributed by atoms with Gasteiger partial charge in [0, 0.05) is 5.41 Å². The van der Waals surface area contributed by atoms with Crippen LogP contribution in [-0.4, -0.2) is 52.7 Å². The average Bonchev–Trinajstić information content (AvgIpc) is 3.27. The van der Waals surface area contributed by atoms with Crippen LogP contribution in [0.5, 0.6) is 0 Å². The molecule has 3 fully saturated rings. The maximum atomic E-state index is 12.7. The Kier molecular flexibility index (Phi) is 8.55. The lowest BCUT2D eigenvalue weighted by molar-refractivity contribution is -0.151. The minimum atomic E-state index is -1.27. The van der Waals surface area contributed by atoms with Crippen LogP contribution in [0.25, 0.3) is 0 Å². The van der Waals surface area contributed by atoms with Crippen LogP contribution in [-0.2, 0) is 19.2 Å². The molecule has 0 bridgehead atoms. The third-order valence-corrected chi connectivity index (χ3v) is 11.1. The number of aliphatic hydroxyl groups excluding tert-OH is 1. The van der Waals surface area contributed by atoms with Crippen LogP contribution in [0.15, 0.2) is 47.1 Å². The van der Waals surface area contributed by atoms with E-state index >= 15 is 0 Å². The zero-order valence-corrected chi connectivity index (χ0v) is 25.0. The van der Waals surface area contributed by atoms with Gasteiger partial charge in [-0.3, -0.25) is 4.79 Å². The molecule has 4 aliphatic carbocycles. The van der Waals surface area contributed by atoms with Gasteiger partial charge < -0.3 is 25.1 Å². The van der Waals surface area contributed by atoms with E-state index in [-0.39, 0.29) is 24.0 Å². The van der Waals surface area contributed by atoms with E-state index in [0.29, 0.717) is 29.7 Å². The molecular weight excluding hydrogens is 532 g/mol. The molecule has 8 atom stereocenters. The highest BCUT2D eigenvalue weighted by atomic mass is 16.6. The summed E-state index contributed by atoms with van der Waals surface area (Å²) in [6.07, 6.45) is 14.2. The number of hydrogen-bond donors (Lipinski definition) is 3. The summed E-state index contributed by atoms with van der Waals surface area (Å²) < 4.78 is 5.08. The summed E-state index contributed by atoms with van der Waals surface area (Å²) in [5, 5.41) is 28.8. The van der Waals surface area contributed by atoms with Crippen molar-refractivity contribution in [3.8, 4) is 12.3 Å². The Morgan fingerprint density at radius 3 is 2.57 bits per heavy atom. The Bertz CT molecular complexity index is 1290. The highest BCUT2D eigenvalue weighted by Gasteiger charge is 2.63. The third-order valence-electron chi connectivity index (χ3n) is 11.1. The van der Waals surface area contributed by atoms with Gasteiger partial charge in [-0.25, -0.2) is 4.79 Å². The molecule has 0 unspecified atom stereocenters. The van der Waals surface area contributed by atoms with Crippen LogP contribution < -0.4 is 5.32 Å². The fraction of sp³-hybridized carbons (Fsp3) is 0.618. The van der Waals surface area contributed by atoms with E-state index in [1.165, 1.54) is 5.57 Å². The van der Waals surface area contributed by atoms with E-state index in [2.05, 4.69) is 36.3 Å². The number of allylic oxidation sites excluding steroid dienone is 2. The number of rotatable bonds is 8. The van der Waals surface area contributed by atoms with E-state index < -0.39 is 29.6 Å². The lowest BCUT2D eigenvalue weighted by Gasteiger charge is -2.58. The molecule has 0 heterocycles. The van der Waals surface area contributed by atoms with Crippen molar-refractivity contribution >= 4 is 17.6 Å². The zero-order chi connectivity index (χ0) is 30.1. The Hall–Kier alpha value is -3.15. The van der Waals surface area contributed by atoms with Crippen molar-refractivity contribution < 1.29 is 29.4 Å².